The largest absolute Gasteiger partial charge is 0.497 e. The molecule has 0 fully saturated rings. The molecule has 2 aromatic carbocycles. The minimum atomic E-state index is -2.82. The lowest BCUT2D eigenvalue weighted by molar-refractivity contribution is 0.0607. The number of ketones is 1. The molecule has 0 aliphatic heterocycles. The van der Waals surface area contributed by atoms with Crippen molar-refractivity contribution in [1.82, 2.24) is 9.78 Å². The van der Waals surface area contributed by atoms with Crippen LogP contribution in [0.5, 0.6) is 5.75 Å². The molecule has 1 heterocycles. The van der Waals surface area contributed by atoms with Crippen molar-refractivity contribution >= 4 is 16.7 Å². The van der Waals surface area contributed by atoms with Crippen LogP contribution in [0.15, 0.2) is 42.5 Å². The van der Waals surface area contributed by atoms with Gasteiger partial charge in [0.2, 0.25) is 0 Å². The second-order valence-electron chi connectivity index (χ2n) is 6.05. The summed E-state index contributed by atoms with van der Waals surface area (Å²) in [5.74, 6) is 0.108. The molecule has 25 heavy (non-hydrogen) atoms. The number of carbonyl (C=O) groups is 1. The summed E-state index contributed by atoms with van der Waals surface area (Å²) >= 11 is 0. The topological polar surface area (TPSA) is 44.1 Å². The first kappa shape index (κ1) is 17.1. The van der Waals surface area contributed by atoms with Gasteiger partial charge >= 0.3 is 6.55 Å². The minimum Gasteiger partial charge on any atom is -0.497 e. The Labute approximate surface area is 144 Å². The van der Waals surface area contributed by atoms with E-state index in [9.17, 15) is 13.6 Å². The van der Waals surface area contributed by atoms with Gasteiger partial charge in [-0.1, -0.05) is 32.0 Å². The van der Waals surface area contributed by atoms with E-state index in [0.717, 1.165) is 11.1 Å². The molecule has 3 rings (SSSR count). The predicted octanol–water partition coefficient (Wildman–Crippen LogP) is 4.95. The summed E-state index contributed by atoms with van der Waals surface area (Å²) in [4.78, 5) is 12.3. The van der Waals surface area contributed by atoms with Crippen LogP contribution in [0.1, 0.15) is 30.9 Å². The number of alkyl halides is 2. The molecule has 0 unspecified atom stereocenters. The SMILES string of the molecule is COc1cccc(-c2ccc3c(C(=O)C(C)C)nn(C(F)F)c3c2)c1. The third-order valence-electron chi connectivity index (χ3n) is 4.05. The highest BCUT2D eigenvalue weighted by Crippen LogP contribution is 2.31. The molecule has 0 aliphatic rings. The van der Waals surface area contributed by atoms with Crippen LogP contribution < -0.4 is 4.74 Å². The molecule has 0 amide bonds. The number of hydrogen-bond donors (Lipinski definition) is 0. The van der Waals surface area contributed by atoms with Crippen LogP contribution in [0.25, 0.3) is 22.0 Å². The van der Waals surface area contributed by atoms with E-state index in [1.54, 1.807) is 39.2 Å². The van der Waals surface area contributed by atoms with Gasteiger partial charge in [0.05, 0.1) is 12.6 Å². The van der Waals surface area contributed by atoms with Gasteiger partial charge in [0.25, 0.3) is 0 Å². The van der Waals surface area contributed by atoms with Crippen molar-refractivity contribution in [3.63, 3.8) is 0 Å². The standard InChI is InChI=1S/C19H18F2N2O2/c1-11(2)18(24)17-15-8-7-13(10-16(15)23(22-17)19(20)21)12-5-4-6-14(9-12)25-3/h4-11,19H,1-3H3. The third-order valence-corrected chi connectivity index (χ3v) is 4.05. The first-order valence-corrected chi connectivity index (χ1v) is 7.91. The summed E-state index contributed by atoms with van der Waals surface area (Å²) in [7, 11) is 1.57. The van der Waals surface area contributed by atoms with Crippen LogP contribution >= 0.6 is 0 Å². The zero-order valence-electron chi connectivity index (χ0n) is 14.2. The number of Topliss-reactive ketones (excluding diaryl/α,β-unsaturated/α-hetero) is 1. The lowest BCUT2D eigenvalue weighted by Gasteiger charge is -2.06. The number of fused-ring (bicyclic) bond motifs is 1. The normalized spacial score (nSPS) is 11.5. The van der Waals surface area contributed by atoms with Crippen LogP contribution in [0, 0.1) is 5.92 Å². The summed E-state index contributed by atoms with van der Waals surface area (Å²) in [5, 5.41) is 4.31. The molecule has 0 spiro atoms. The molecule has 1 aromatic heterocycles. The molecular formula is C19H18F2N2O2. The molecule has 3 aromatic rings. The van der Waals surface area contributed by atoms with Crippen LogP contribution in [-0.2, 0) is 0 Å². The molecule has 4 nitrogen and oxygen atoms in total. The number of nitrogens with zero attached hydrogens (tertiary/aromatic N) is 2. The first-order chi connectivity index (χ1) is 11.9. The third kappa shape index (κ3) is 3.12. The quantitative estimate of drug-likeness (QED) is 0.615. The van der Waals surface area contributed by atoms with Gasteiger partial charge in [-0.25, -0.2) is 4.68 Å². The molecule has 0 N–H and O–H groups in total. The number of carbonyl (C=O) groups excluding carboxylic acids is 1. The van der Waals surface area contributed by atoms with Crippen molar-refractivity contribution in [3.8, 4) is 16.9 Å². The van der Waals surface area contributed by atoms with Crippen LogP contribution in [0.4, 0.5) is 8.78 Å². The van der Waals surface area contributed by atoms with E-state index >= 15 is 0 Å². The summed E-state index contributed by atoms with van der Waals surface area (Å²) in [6.45, 7) is 0.622. The fraction of sp³-hybridized carbons (Fsp3) is 0.263. The number of benzene rings is 2. The van der Waals surface area contributed by atoms with Gasteiger partial charge in [0.1, 0.15) is 11.4 Å². The molecule has 0 bridgehead atoms. The molecule has 6 heteroatoms. The minimum absolute atomic E-state index is 0.0856. The van der Waals surface area contributed by atoms with E-state index < -0.39 is 6.55 Å². The second-order valence-corrected chi connectivity index (χ2v) is 6.05. The van der Waals surface area contributed by atoms with Gasteiger partial charge in [-0.05, 0) is 35.4 Å². The summed E-state index contributed by atoms with van der Waals surface area (Å²) in [6.07, 6.45) is 0. The Balaban J connectivity index is 2.19. The summed E-state index contributed by atoms with van der Waals surface area (Å²) in [6, 6.07) is 12.4. The van der Waals surface area contributed by atoms with E-state index in [-0.39, 0.29) is 22.9 Å². The van der Waals surface area contributed by atoms with Gasteiger partial charge in [-0.2, -0.15) is 13.9 Å². The van der Waals surface area contributed by atoms with Crippen molar-refractivity contribution in [3.05, 3.63) is 48.2 Å². The number of methoxy groups -OCH3 is 1. The second kappa shape index (κ2) is 6.63. The maximum absolute atomic E-state index is 13.4. The van der Waals surface area contributed by atoms with Gasteiger partial charge in [0.15, 0.2) is 5.78 Å². The zero-order valence-corrected chi connectivity index (χ0v) is 14.2. The monoisotopic (exact) mass is 344 g/mol. The first-order valence-electron chi connectivity index (χ1n) is 7.91. The zero-order chi connectivity index (χ0) is 18.1. The van der Waals surface area contributed by atoms with E-state index in [1.165, 1.54) is 0 Å². The Morgan fingerprint density at radius 2 is 1.84 bits per heavy atom. The van der Waals surface area contributed by atoms with Crippen LogP contribution in [-0.4, -0.2) is 22.7 Å². The van der Waals surface area contributed by atoms with Gasteiger partial charge < -0.3 is 4.74 Å². The van der Waals surface area contributed by atoms with Crippen LogP contribution in [0.3, 0.4) is 0 Å². The van der Waals surface area contributed by atoms with Crippen molar-refractivity contribution in [2.45, 2.75) is 20.4 Å². The number of hydrogen-bond acceptors (Lipinski definition) is 3. The van der Waals surface area contributed by atoms with E-state index in [4.69, 9.17) is 4.74 Å². The molecular weight excluding hydrogens is 326 g/mol. The predicted molar refractivity (Wildman–Crippen MR) is 92.1 cm³/mol. The highest BCUT2D eigenvalue weighted by molar-refractivity contribution is 6.07. The number of ether oxygens (including phenoxy) is 1. The van der Waals surface area contributed by atoms with Crippen molar-refractivity contribution in [1.29, 1.82) is 0 Å². The lowest BCUT2D eigenvalue weighted by Crippen LogP contribution is -2.10. The molecule has 0 atom stereocenters. The fourth-order valence-electron chi connectivity index (χ4n) is 2.72. The molecule has 0 saturated carbocycles. The highest BCUT2D eigenvalue weighted by Gasteiger charge is 2.23. The van der Waals surface area contributed by atoms with E-state index in [1.807, 2.05) is 24.3 Å². The number of aromatic nitrogens is 2. The Hall–Kier alpha value is -2.76. The van der Waals surface area contributed by atoms with Gasteiger partial charge in [-0.3, -0.25) is 4.79 Å². The van der Waals surface area contributed by atoms with Crippen molar-refractivity contribution < 1.29 is 18.3 Å². The molecule has 0 aliphatic carbocycles. The molecule has 0 saturated heterocycles. The summed E-state index contributed by atoms with van der Waals surface area (Å²) in [5.41, 5.74) is 1.90. The Bertz CT molecular complexity index is 932. The maximum atomic E-state index is 13.4. The number of halogens is 2. The van der Waals surface area contributed by atoms with Crippen molar-refractivity contribution in [2.24, 2.45) is 5.92 Å². The average molecular weight is 344 g/mol. The lowest BCUT2D eigenvalue weighted by atomic mass is 10.00. The Kier molecular flexibility index (Phi) is 4.53. The van der Waals surface area contributed by atoms with E-state index in [0.29, 0.717) is 15.8 Å². The summed E-state index contributed by atoms with van der Waals surface area (Å²) < 4.78 is 32.6. The highest BCUT2D eigenvalue weighted by atomic mass is 19.3. The van der Waals surface area contributed by atoms with Crippen molar-refractivity contribution in [2.75, 3.05) is 7.11 Å². The smallest absolute Gasteiger partial charge is 0.333 e. The maximum Gasteiger partial charge on any atom is 0.333 e. The average Bonchev–Trinajstić information content (AvgIpc) is 3.00. The van der Waals surface area contributed by atoms with E-state index in [2.05, 4.69) is 5.10 Å². The molecule has 130 valence electrons. The Morgan fingerprint density at radius 1 is 1.12 bits per heavy atom. The van der Waals surface area contributed by atoms with Crippen LogP contribution in [0.2, 0.25) is 0 Å². The molecule has 0 radical (unpaired) electrons. The number of rotatable bonds is 5. The van der Waals surface area contributed by atoms with Gasteiger partial charge in [-0.15, -0.1) is 0 Å². The van der Waals surface area contributed by atoms with Gasteiger partial charge in [0, 0.05) is 11.3 Å². The fourth-order valence-corrected chi connectivity index (χ4v) is 2.72. The Morgan fingerprint density at radius 3 is 2.48 bits per heavy atom.